The zero-order valence-corrected chi connectivity index (χ0v) is 13.8. The first-order chi connectivity index (χ1) is 10.7. The van der Waals surface area contributed by atoms with Crippen molar-refractivity contribution in [2.75, 3.05) is 6.54 Å². The predicted molar refractivity (Wildman–Crippen MR) is 88.1 cm³/mol. The van der Waals surface area contributed by atoms with E-state index in [1.54, 1.807) is 16.2 Å². The molecule has 0 fully saturated rings. The molecule has 0 aliphatic carbocycles. The fraction of sp³-hybridized carbons (Fsp3) is 0.438. The Bertz CT molecular complexity index is 664. The Morgan fingerprint density at radius 1 is 1.32 bits per heavy atom. The van der Waals surface area contributed by atoms with Crippen LogP contribution in [0.3, 0.4) is 0 Å². The van der Waals surface area contributed by atoms with Gasteiger partial charge in [-0.15, -0.1) is 11.3 Å². The molecule has 2 aromatic heterocycles. The van der Waals surface area contributed by atoms with Crippen molar-refractivity contribution in [2.24, 2.45) is 0 Å². The Morgan fingerprint density at radius 2 is 2.14 bits per heavy atom. The topological polar surface area (TPSA) is 55.2 Å². The molecule has 6 heteroatoms. The molecule has 118 valence electrons. The van der Waals surface area contributed by atoms with Crippen LogP contribution in [0.5, 0.6) is 0 Å². The third kappa shape index (κ3) is 4.04. The Morgan fingerprint density at radius 3 is 2.77 bits per heavy atom. The van der Waals surface area contributed by atoms with E-state index in [1.807, 2.05) is 24.4 Å². The smallest absolute Gasteiger partial charge is 0.274 e. The predicted octanol–water partition coefficient (Wildman–Crippen LogP) is 2.77. The van der Waals surface area contributed by atoms with Crippen LogP contribution in [0, 0.1) is 0 Å². The lowest BCUT2D eigenvalue weighted by molar-refractivity contribution is 0.0745. The number of aromatic nitrogens is 2. The number of unbranched alkanes of at least 4 members (excludes halogenated alkanes) is 1. The van der Waals surface area contributed by atoms with Crippen LogP contribution in [0.15, 0.2) is 34.4 Å². The molecule has 22 heavy (non-hydrogen) atoms. The second kappa shape index (κ2) is 7.89. The Hall–Kier alpha value is -1.95. The normalized spacial score (nSPS) is 10.6. The van der Waals surface area contributed by atoms with Gasteiger partial charge in [-0.3, -0.25) is 9.59 Å². The highest BCUT2D eigenvalue weighted by molar-refractivity contribution is 7.09. The molecular formula is C16H21N3O2S. The molecule has 0 aliphatic rings. The molecule has 0 aromatic carbocycles. The number of aryl methyl sites for hydroxylation is 1. The van der Waals surface area contributed by atoms with Crippen LogP contribution in [0.25, 0.3) is 0 Å². The summed E-state index contributed by atoms with van der Waals surface area (Å²) in [5.41, 5.74) is 0.167. The monoisotopic (exact) mass is 319 g/mol. The molecule has 0 bridgehead atoms. The molecule has 2 rings (SSSR count). The number of rotatable bonds is 7. The molecule has 0 aliphatic heterocycles. The van der Waals surface area contributed by atoms with Gasteiger partial charge in [-0.05, 0) is 30.9 Å². The molecular weight excluding hydrogens is 298 g/mol. The molecule has 1 amide bonds. The van der Waals surface area contributed by atoms with E-state index in [4.69, 9.17) is 0 Å². The summed E-state index contributed by atoms with van der Waals surface area (Å²) in [6, 6.07) is 6.93. The van der Waals surface area contributed by atoms with E-state index in [1.165, 1.54) is 16.8 Å². The zero-order valence-electron chi connectivity index (χ0n) is 13.0. The Kier molecular flexibility index (Phi) is 5.89. The average Bonchev–Trinajstić information content (AvgIpc) is 3.04. The largest absolute Gasteiger partial charge is 0.332 e. The summed E-state index contributed by atoms with van der Waals surface area (Å²) in [6.07, 6.45) is 1.85. The third-order valence-electron chi connectivity index (χ3n) is 3.40. The summed E-state index contributed by atoms with van der Waals surface area (Å²) in [6.45, 7) is 5.72. The first kappa shape index (κ1) is 16.4. The van der Waals surface area contributed by atoms with E-state index in [0.717, 1.165) is 17.7 Å². The number of carbonyl (C=O) groups is 1. The van der Waals surface area contributed by atoms with E-state index < -0.39 is 0 Å². The summed E-state index contributed by atoms with van der Waals surface area (Å²) >= 11 is 1.63. The van der Waals surface area contributed by atoms with Gasteiger partial charge in [-0.25, -0.2) is 4.68 Å². The number of hydrogen-bond acceptors (Lipinski definition) is 4. The van der Waals surface area contributed by atoms with Crippen molar-refractivity contribution in [3.8, 4) is 0 Å². The standard InChI is InChI=1S/C16H21N3O2S/c1-3-5-10-19-15(20)9-8-14(17-19)16(21)18(4-2)12-13-7-6-11-22-13/h6-9,11H,3-5,10,12H2,1-2H3. The second-order valence-electron chi connectivity index (χ2n) is 5.03. The summed E-state index contributed by atoms with van der Waals surface area (Å²) in [5.74, 6) is -0.138. The lowest BCUT2D eigenvalue weighted by Gasteiger charge is -2.20. The maximum atomic E-state index is 12.6. The van der Waals surface area contributed by atoms with Gasteiger partial charge in [-0.2, -0.15) is 5.10 Å². The minimum absolute atomic E-state index is 0.138. The molecule has 0 saturated carbocycles. The van der Waals surface area contributed by atoms with Crippen molar-refractivity contribution >= 4 is 17.2 Å². The Balaban J connectivity index is 2.18. The van der Waals surface area contributed by atoms with Crippen LogP contribution in [0.1, 0.15) is 42.1 Å². The van der Waals surface area contributed by atoms with E-state index in [0.29, 0.717) is 25.3 Å². The van der Waals surface area contributed by atoms with E-state index in [9.17, 15) is 9.59 Å². The van der Waals surface area contributed by atoms with Crippen LogP contribution >= 0.6 is 11.3 Å². The first-order valence-electron chi connectivity index (χ1n) is 7.55. The highest BCUT2D eigenvalue weighted by Crippen LogP contribution is 2.13. The van der Waals surface area contributed by atoms with Crippen LogP contribution < -0.4 is 5.56 Å². The number of carbonyl (C=O) groups excluding carboxylic acids is 1. The second-order valence-corrected chi connectivity index (χ2v) is 6.06. The SMILES string of the molecule is CCCCn1nc(C(=O)N(CC)Cc2cccs2)ccc1=O. The third-order valence-corrected chi connectivity index (χ3v) is 4.27. The Labute approximate surface area is 134 Å². The van der Waals surface area contributed by atoms with E-state index in [2.05, 4.69) is 12.0 Å². The molecule has 0 saturated heterocycles. The quantitative estimate of drug-likeness (QED) is 0.788. The van der Waals surface area contributed by atoms with Gasteiger partial charge in [0.1, 0.15) is 5.69 Å². The highest BCUT2D eigenvalue weighted by atomic mass is 32.1. The van der Waals surface area contributed by atoms with Crippen molar-refractivity contribution < 1.29 is 4.79 Å². The first-order valence-corrected chi connectivity index (χ1v) is 8.43. The molecule has 5 nitrogen and oxygen atoms in total. The van der Waals surface area contributed by atoms with Gasteiger partial charge >= 0.3 is 0 Å². The average molecular weight is 319 g/mol. The van der Waals surface area contributed by atoms with Gasteiger partial charge < -0.3 is 4.90 Å². The molecule has 0 N–H and O–H groups in total. The molecule has 0 radical (unpaired) electrons. The maximum absolute atomic E-state index is 12.6. The molecule has 0 atom stereocenters. The summed E-state index contributed by atoms with van der Waals surface area (Å²) in [5, 5.41) is 6.22. The van der Waals surface area contributed by atoms with Crippen LogP contribution in [-0.4, -0.2) is 27.1 Å². The minimum atomic E-state index is -0.161. The minimum Gasteiger partial charge on any atom is -0.332 e. The van der Waals surface area contributed by atoms with Gasteiger partial charge in [0.05, 0.1) is 6.54 Å². The summed E-state index contributed by atoms with van der Waals surface area (Å²) < 4.78 is 1.38. The molecule has 2 heterocycles. The van der Waals surface area contributed by atoms with Crippen molar-refractivity contribution in [2.45, 2.75) is 39.8 Å². The lowest BCUT2D eigenvalue weighted by atomic mass is 10.3. The van der Waals surface area contributed by atoms with Gasteiger partial charge in [0.15, 0.2) is 0 Å². The van der Waals surface area contributed by atoms with Crippen molar-refractivity contribution in [1.29, 1.82) is 0 Å². The van der Waals surface area contributed by atoms with Crippen LogP contribution in [0.2, 0.25) is 0 Å². The lowest BCUT2D eigenvalue weighted by Crippen LogP contribution is -2.33. The highest BCUT2D eigenvalue weighted by Gasteiger charge is 2.17. The number of amides is 1. The summed E-state index contributed by atoms with van der Waals surface area (Å²) in [4.78, 5) is 27.2. The van der Waals surface area contributed by atoms with Gasteiger partial charge in [-0.1, -0.05) is 19.4 Å². The maximum Gasteiger partial charge on any atom is 0.274 e. The van der Waals surface area contributed by atoms with Crippen molar-refractivity contribution in [3.63, 3.8) is 0 Å². The van der Waals surface area contributed by atoms with Crippen molar-refractivity contribution in [1.82, 2.24) is 14.7 Å². The van der Waals surface area contributed by atoms with E-state index >= 15 is 0 Å². The van der Waals surface area contributed by atoms with Gasteiger partial charge in [0, 0.05) is 24.0 Å². The fourth-order valence-corrected chi connectivity index (χ4v) is 2.83. The number of nitrogens with zero attached hydrogens (tertiary/aromatic N) is 3. The van der Waals surface area contributed by atoms with E-state index in [-0.39, 0.29) is 11.5 Å². The number of hydrogen-bond donors (Lipinski definition) is 0. The van der Waals surface area contributed by atoms with Crippen LogP contribution in [0.4, 0.5) is 0 Å². The van der Waals surface area contributed by atoms with Gasteiger partial charge in [0.25, 0.3) is 11.5 Å². The van der Waals surface area contributed by atoms with Crippen LogP contribution in [-0.2, 0) is 13.1 Å². The van der Waals surface area contributed by atoms with Crippen molar-refractivity contribution in [3.05, 3.63) is 50.6 Å². The molecule has 0 unspecified atom stereocenters. The molecule has 2 aromatic rings. The molecule has 0 spiro atoms. The van der Waals surface area contributed by atoms with Gasteiger partial charge in [0.2, 0.25) is 0 Å². The zero-order chi connectivity index (χ0) is 15.9. The number of thiophene rings is 1. The fourth-order valence-electron chi connectivity index (χ4n) is 2.11. The summed E-state index contributed by atoms with van der Waals surface area (Å²) in [7, 11) is 0.